The monoisotopic (exact) mass is 202 g/mol. The SMILES string of the molecule is COC(=O)C1(O)CCN(N(C)C)CC1. The zero-order valence-electron chi connectivity index (χ0n) is 8.99. The third kappa shape index (κ3) is 2.23. The molecule has 0 spiro atoms. The molecule has 0 aromatic heterocycles. The molecule has 5 heteroatoms. The van der Waals surface area contributed by atoms with E-state index >= 15 is 0 Å². The van der Waals surface area contributed by atoms with E-state index in [0.717, 1.165) is 0 Å². The van der Waals surface area contributed by atoms with Gasteiger partial charge in [-0.1, -0.05) is 0 Å². The molecule has 0 aromatic carbocycles. The van der Waals surface area contributed by atoms with Crippen molar-refractivity contribution >= 4 is 5.97 Å². The molecule has 0 aromatic rings. The Kier molecular flexibility index (Phi) is 3.47. The molecule has 1 aliphatic heterocycles. The van der Waals surface area contributed by atoms with Gasteiger partial charge in [0, 0.05) is 40.0 Å². The fourth-order valence-corrected chi connectivity index (χ4v) is 1.66. The summed E-state index contributed by atoms with van der Waals surface area (Å²) in [6, 6.07) is 0. The molecule has 0 aliphatic carbocycles. The fourth-order valence-electron chi connectivity index (χ4n) is 1.66. The van der Waals surface area contributed by atoms with Gasteiger partial charge in [-0.2, -0.15) is 0 Å². The highest BCUT2D eigenvalue weighted by atomic mass is 16.5. The molecule has 82 valence electrons. The average Bonchev–Trinajstić information content (AvgIpc) is 2.17. The Labute approximate surface area is 84.2 Å². The molecule has 0 atom stereocenters. The van der Waals surface area contributed by atoms with E-state index in [2.05, 4.69) is 9.75 Å². The maximum absolute atomic E-state index is 11.3. The number of carbonyl (C=O) groups excluding carboxylic acids is 1. The Morgan fingerprint density at radius 1 is 1.43 bits per heavy atom. The first-order valence-electron chi connectivity index (χ1n) is 4.72. The number of aliphatic hydroxyl groups is 1. The Hall–Kier alpha value is -0.650. The Balaban J connectivity index is 2.53. The van der Waals surface area contributed by atoms with E-state index in [-0.39, 0.29) is 0 Å². The maximum atomic E-state index is 11.3. The first kappa shape index (κ1) is 11.4. The van der Waals surface area contributed by atoms with Crippen molar-refractivity contribution in [2.75, 3.05) is 34.3 Å². The zero-order chi connectivity index (χ0) is 10.8. The number of hydrogen-bond donors (Lipinski definition) is 1. The molecule has 0 saturated carbocycles. The van der Waals surface area contributed by atoms with Crippen LogP contribution < -0.4 is 0 Å². The van der Waals surface area contributed by atoms with Gasteiger partial charge in [-0.25, -0.2) is 14.8 Å². The van der Waals surface area contributed by atoms with Crippen molar-refractivity contribution in [1.82, 2.24) is 10.0 Å². The molecule has 1 saturated heterocycles. The molecule has 5 nitrogen and oxygen atoms in total. The molecule has 1 heterocycles. The van der Waals surface area contributed by atoms with Gasteiger partial charge in [0.1, 0.15) is 0 Å². The quantitative estimate of drug-likeness (QED) is 0.610. The summed E-state index contributed by atoms with van der Waals surface area (Å²) in [6.07, 6.45) is 0.857. The van der Waals surface area contributed by atoms with Crippen LogP contribution in [0, 0.1) is 0 Å². The minimum atomic E-state index is -1.28. The first-order chi connectivity index (χ1) is 6.49. The van der Waals surface area contributed by atoms with Gasteiger partial charge >= 0.3 is 5.97 Å². The molecule has 1 fully saturated rings. The summed E-state index contributed by atoms with van der Waals surface area (Å²) in [5.41, 5.74) is -1.28. The highest BCUT2D eigenvalue weighted by Gasteiger charge is 2.40. The van der Waals surface area contributed by atoms with Crippen LogP contribution in [0.1, 0.15) is 12.8 Å². The molecule has 1 rings (SSSR count). The number of hydrogen-bond acceptors (Lipinski definition) is 5. The number of piperidine rings is 1. The summed E-state index contributed by atoms with van der Waals surface area (Å²) in [7, 11) is 5.20. The van der Waals surface area contributed by atoms with Gasteiger partial charge in [0.25, 0.3) is 0 Å². The van der Waals surface area contributed by atoms with E-state index in [1.807, 2.05) is 19.1 Å². The van der Waals surface area contributed by atoms with Crippen LogP contribution in [0.5, 0.6) is 0 Å². The lowest BCUT2D eigenvalue weighted by Gasteiger charge is -2.38. The highest BCUT2D eigenvalue weighted by Crippen LogP contribution is 2.23. The van der Waals surface area contributed by atoms with E-state index in [0.29, 0.717) is 25.9 Å². The zero-order valence-corrected chi connectivity index (χ0v) is 8.99. The van der Waals surface area contributed by atoms with Gasteiger partial charge in [0.2, 0.25) is 0 Å². The summed E-state index contributed by atoms with van der Waals surface area (Å²) in [6.45, 7) is 1.36. The predicted octanol–water partition coefficient (Wildman–Crippen LogP) is -0.537. The Morgan fingerprint density at radius 2 is 1.93 bits per heavy atom. The van der Waals surface area contributed by atoms with Crippen LogP contribution in [0.3, 0.4) is 0 Å². The summed E-state index contributed by atoms with van der Waals surface area (Å²) in [4.78, 5) is 11.3. The van der Waals surface area contributed by atoms with Gasteiger partial charge in [0.15, 0.2) is 5.60 Å². The predicted molar refractivity (Wildman–Crippen MR) is 51.5 cm³/mol. The van der Waals surface area contributed by atoms with Crippen LogP contribution in [-0.2, 0) is 9.53 Å². The van der Waals surface area contributed by atoms with Crippen molar-refractivity contribution < 1.29 is 14.6 Å². The second kappa shape index (κ2) is 4.25. The van der Waals surface area contributed by atoms with E-state index < -0.39 is 11.6 Å². The standard InChI is InChI=1S/C9H18N2O3/c1-10(2)11-6-4-9(13,5-7-11)8(12)14-3/h13H,4-7H2,1-3H3. The van der Waals surface area contributed by atoms with Crippen LogP contribution in [-0.4, -0.2) is 61.0 Å². The number of esters is 1. The second-order valence-electron chi connectivity index (χ2n) is 3.82. The van der Waals surface area contributed by atoms with E-state index in [1.54, 1.807) is 0 Å². The van der Waals surface area contributed by atoms with E-state index in [4.69, 9.17) is 0 Å². The smallest absolute Gasteiger partial charge is 0.337 e. The van der Waals surface area contributed by atoms with Gasteiger partial charge in [0.05, 0.1) is 7.11 Å². The molecule has 1 N–H and O–H groups in total. The van der Waals surface area contributed by atoms with Crippen molar-refractivity contribution in [3.8, 4) is 0 Å². The van der Waals surface area contributed by atoms with Crippen molar-refractivity contribution in [1.29, 1.82) is 0 Å². The number of rotatable bonds is 2. The van der Waals surface area contributed by atoms with Crippen molar-refractivity contribution in [3.63, 3.8) is 0 Å². The molecule has 0 radical (unpaired) electrons. The molecule has 0 unspecified atom stereocenters. The van der Waals surface area contributed by atoms with Crippen LogP contribution >= 0.6 is 0 Å². The molecule has 1 aliphatic rings. The average molecular weight is 202 g/mol. The second-order valence-corrected chi connectivity index (χ2v) is 3.82. The summed E-state index contributed by atoms with van der Waals surface area (Å²) >= 11 is 0. The molecule has 14 heavy (non-hydrogen) atoms. The van der Waals surface area contributed by atoms with Crippen molar-refractivity contribution in [3.05, 3.63) is 0 Å². The maximum Gasteiger partial charge on any atom is 0.337 e. The van der Waals surface area contributed by atoms with E-state index in [1.165, 1.54) is 7.11 Å². The largest absolute Gasteiger partial charge is 0.467 e. The molecule has 0 amide bonds. The number of carbonyl (C=O) groups is 1. The lowest BCUT2D eigenvalue weighted by molar-refractivity contribution is -0.171. The summed E-state index contributed by atoms with van der Waals surface area (Å²) in [5.74, 6) is -0.518. The van der Waals surface area contributed by atoms with Gasteiger partial charge < -0.3 is 9.84 Å². The van der Waals surface area contributed by atoms with Crippen molar-refractivity contribution in [2.24, 2.45) is 0 Å². The van der Waals surface area contributed by atoms with Crippen LogP contribution in [0.2, 0.25) is 0 Å². The first-order valence-corrected chi connectivity index (χ1v) is 4.72. The van der Waals surface area contributed by atoms with Gasteiger partial charge in [-0.3, -0.25) is 0 Å². The normalized spacial score (nSPS) is 22.4. The van der Waals surface area contributed by atoms with Crippen LogP contribution in [0.4, 0.5) is 0 Å². The minimum absolute atomic E-state index is 0.428. The third-order valence-electron chi connectivity index (χ3n) is 2.70. The number of nitrogens with zero attached hydrogens (tertiary/aromatic N) is 2. The lowest BCUT2D eigenvalue weighted by Crippen LogP contribution is -2.53. The van der Waals surface area contributed by atoms with Crippen LogP contribution in [0.25, 0.3) is 0 Å². The topological polar surface area (TPSA) is 53.0 Å². The number of methoxy groups -OCH3 is 1. The third-order valence-corrected chi connectivity index (χ3v) is 2.70. The van der Waals surface area contributed by atoms with Gasteiger partial charge in [-0.15, -0.1) is 0 Å². The van der Waals surface area contributed by atoms with E-state index in [9.17, 15) is 9.90 Å². The van der Waals surface area contributed by atoms with Crippen LogP contribution in [0.15, 0.2) is 0 Å². The molecular weight excluding hydrogens is 184 g/mol. The Morgan fingerprint density at radius 3 is 2.29 bits per heavy atom. The summed E-state index contributed by atoms with van der Waals surface area (Å²) in [5, 5.41) is 14.0. The molecular formula is C9H18N2O3. The summed E-state index contributed by atoms with van der Waals surface area (Å²) < 4.78 is 4.57. The number of hydrazine groups is 1. The fraction of sp³-hybridized carbons (Fsp3) is 0.889. The van der Waals surface area contributed by atoms with Gasteiger partial charge in [-0.05, 0) is 0 Å². The molecule has 0 bridgehead atoms. The Bertz CT molecular complexity index is 210. The number of ether oxygens (including phenoxy) is 1. The highest BCUT2D eigenvalue weighted by molar-refractivity contribution is 5.79. The van der Waals surface area contributed by atoms with Crippen molar-refractivity contribution in [2.45, 2.75) is 18.4 Å². The minimum Gasteiger partial charge on any atom is -0.467 e. The lowest BCUT2D eigenvalue weighted by atomic mass is 9.92.